The number of rotatable bonds is 11. The van der Waals surface area contributed by atoms with E-state index in [-0.39, 0.29) is 0 Å². The number of H-pyrrole nitrogens is 1. The van der Waals surface area contributed by atoms with Crippen LogP contribution in [0.1, 0.15) is 64.1 Å². The smallest absolute Gasteiger partial charge is 0.119 e. The number of carbonyl (C=O) groups excluding carboxylic acids is 1. The predicted molar refractivity (Wildman–Crippen MR) is 74.5 cm³/mol. The second kappa shape index (κ2) is 9.86. The summed E-state index contributed by atoms with van der Waals surface area (Å²) in [6.45, 7) is 2.24. The zero-order valence-corrected chi connectivity index (χ0v) is 11.5. The van der Waals surface area contributed by atoms with E-state index in [2.05, 4.69) is 16.9 Å². The van der Waals surface area contributed by atoms with Gasteiger partial charge < -0.3 is 9.78 Å². The highest BCUT2D eigenvalue weighted by Gasteiger charge is 2.10. The Bertz CT molecular complexity index is 295. The molecule has 3 heteroatoms. The first kappa shape index (κ1) is 14.9. The summed E-state index contributed by atoms with van der Waals surface area (Å²) in [5.41, 5.74) is 0. The molecule has 0 saturated carbocycles. The highest BCUT2D eigenvalue weighted by Crippen LogP contribution is 2.20. The molecule has 102 valence electrons. The maximum absolute atomic E-state index is 10.2. The molecule has 18 heavy (non-hydrogen) atoms. The molecule has 3 nitrogen and oxygen atoms in total. The van der Waals surface area contributed by atoms with Gasteiger partial charge in [-0.25, -0.2) is 4.98 Å². The molecular formula is C15H26N2O. The van der Waals surface area contributed by atoms with Gasteiger partial charge in [-0.3, -0.25) is 0 Å². The fourth-order valence-electron chi connectivity index (χ4n) is 2.36. The molecule has 1 aromatic rings. The van der Waals surface area contributed by atoms with Gasteiger partial charge in [0.15, 0.2) is 0 Å². The van der Waals surface area contributed by atoms with Crippen LogP contribution in [0.2, 0.25) is 0 Å². The SMILES string of the molecule is CCCCC(CCCCCC=O)Cc1ncc[nH]1. The Morgan fingerprint density at radius 3 is 2.78 bits per heavy atom. The molecule has 1 atom stereocenters. The zero-order valence-electron chi connectivity index (χ0n) is 11.5. The molecule has 1 N–H and O–H groups in total. The van der Waals surface area contributed by atoms with Gasteiger partial charge in [0.2, 0.25) is 0 Å². The minimum Gasteiger partial charge on any atom is -0.349 e. The van der Waals surface area contributed by atoms with Crippen LogP contribution in [-0.4, -0.2) is 16.3 Å². The lowest BCUT2D eigenvalue weighted by Gasteiger charge is -2.15. The van der Waals surface area contributed by atoms with E-state index in [9.17, 15) is 4.79 Å². The third kappa shape index (κ3) is 6.58. The van der Waals surface area contributed by atoms with Gasteiger partial charge in [-0.05, 0) is 12.3 Å². The van der Waals surface area contributed by atoms with Gasteiger partial charge in [0.05, 0.1) is 0 Å². The quantitative estimate of drug-likeness (QED) is 0.478. The zero-order chi connectivity index (χ0) is 13.1. The summed E-state index contributed by atoms with van der Waals surface area (Å²) < 4.78 is 0. The minimum absolute atomic E-state index is 0.720. The molecule has 0 aromatic carbocycles. The molecule has 0 amide bonds. The van der Waals surface area contributed by atoms with Crippen molar-refractivity contribution in [1.29, 1.82) is 0 Å². The third-order valence-electron chi connectivity index (χ3n) is 3.44. The normalized spacial score (nSPS) is 12.5. The first-order valence-corrected chi connectivity index (χ1v) is 7.28. The molecule has 0 bridgehead atoms. The maximum Gasteiger partial charge on any atom is 0.119 e. The van der Waals surface area contributed by atoms with E-state index in [1.807, 2.05) is 12.4 Å². The Balaban J connectivity index is 2.24. The van der Waals surface area contributed by atoms with E-state index >= 15 is 0 Å². The largest absolute Gasteiger partial charge is 0.349 e. The Labute approximate surface area is 110 Å². The van der Waals surface area contributed by atoms with E-state index in [4.69, 9.17) is 0 Å². The molecule has 0 radical (unpaired) electrons. The van der Waals surface area contributed by atoms with Crippen molar-refractivity contribution in [3.8, 4) is 0 Å². The number of hydrogen-bond donors (Lipinski definition) is 1. The van der Waals surface area contributed by atoms with E-state index in [1.54, 1.807) is 0 Å². The fourth-order valence-corrected chi connectivity index (χ4v) is 2.36. The molecule has 0 aliphatic carbocycles. The summed E-state index contributed by atoms with van der Waals surface area (Å²) in [7, 11) is 0. The second-order valence-electron chi connectivity index (χ2n) is 5.05. The number of nitrogens with zero attached hydrogens (tertiary/aromatic N) is 1. The molecule has 1 unspecified atom stereocenters. The highest BCUT2D eigenvalue weighted by molar-refractivity contribution is 5.48. The summed E-state index contributed by atoms with van der Waals surface area (Å²) in [6.07, 6.45) is 15.1. The summed E-state index contributed by atoms with van der Waals surface area (Å²) >= 11 is 0. The van der Waals surface area contributed by atoms with Crippen molar-refractivity contribution in [3.63, 3.8) is 0 Å². The Morgan fingerprint density at radius 2 is 2.11 bits per heavy atom. The Morgan fingerprint density at radius 1 is 1.28 bits per heavy atom. The summed E-state index contributed by atoms with van der Waals surface area (Å²) in [4.78, 5) is 17.8. The molecule has 0 aliphatic heterocycles. The number of imidazole rings is 1. The maximum atomic E-state index is 10.2. The number of aldehydes is 1. The predicted octanol–water partition coefficient (Wildman–Crippen LogP) is 3.91. The molecule has 0 saturated heterocycles. The van der Waals surface area contributed by atoms with Crippen LogP contribution >= 0.6 is 0 Å². The van der Waals surface area contributed by atoms with Crippen LogP contribution in [0.15, 0.2) is 12.4 Å². The van der Waals surface area contributed by atoms with Crippen LogP contribution in [0.3, 0.4) is 0 Å². The lowest BCUT2D eigenvalue weighted by molar-refractivity contribution is -0.107. The highest BCUT2D eigenvalue weighted by atomic mass is 16.1. The van der Waals surface area contributed by atoms with E-state index in [0.29, 0.717) is 0 Å². The van der Waals surface area contributed by atoms with Crippen molar-refractivity contribution in [1.82, 2.24) is 9.97 Å². The summed E-state index contributed by atoms with van der Waals surface area (Å²) in [5, 5.41) is 0. The van der Waals surface area contributed by atoms with Crippen molar-refractivity contribution in [2.75, 3.05) is 0 Å². The van der Waals surface area contributed by atoms with Crippen molar-refractivity contribution < 1.29 is 4.79 Å². The van der Waals surface area contributed by atoms with E-state index in [0.717, 1.165) is 37.3 Å². The monoisotopic (exact) mass is 250 g/mol. The summed E-state index contributed by atoms with van der Waals surface area (Å²) in [5.74, 6) is 1.86. The molecular weight excluding hydrogens is 224 g/mol. The summed E-state index contributed by atoms with van der Waals surface area (Å²) in [6, 6.07) is 0. The molecule has 1 heterocycles. The number of nitrogens with one attached hydrogen (secondary N) is 1. The minimum atomic E-state index is 0.720. The standard InChI is InChI=1S/C15H26N2O/c1-2-3-8-14(9-6-4-5-7-12-18)13-15-16-10-11-17-15/h10-12,14H,2-9,13H2,1H3,(H,16,17). The second-order valence-corrected chi connectivity index (χ2v) is 5.05. The van der Waals surface area contributed by atoms with Gasteiger partial charge in [-0.15, -0.1) is 0 Å². The average Bonchev–Trinajstić information content (AvgIpc) is 2.88. The van der Waals surface area contributed by atoms with Gasteiger partial charge in [-0.2, -0.15) is 0 Å². The van der Waals surface area contributed by atoms with Crippen molar-refractivity contribution in [3.05, 3.63) is 18.2 Å². The first-order valence-electron chi connectivity index (χ1n) is 7.28. The van der Waals surface area contributed by atoms with Crippen LogP contribution in [0.25, 0.3) is 0 Å². The van der Waals surface area contributed by atoms with E-state index < -0.39 is 0 Å². The van der Waals surface area contributed by atoms with Crippen LogP contribution < -0.4 is 0 Å². The molecule has 0 fully saturated rings. The molecule has 1 rings (SSSR count). The van der Waals surface area contributed by atoms with Crippen LogP contribution in [-0.2, 0) is 11.2 Å². The van der Waals surface area contributed by atoms with Gasteiger partial charge in [-0.1, -0.05) is 45.4 Å². The fraction of sp³-hybridized carbons (Fsp3) is 0.733. The van der Waals surface area contributed by atoms with Crippen molar-refractivity contribution in [2.45, 2.75) is 64.7 Å². The van der Waals surface area contributed by atoms with Crippen LogP contribution in [0, 0.1) is 5.92 Å². The lowest BCUT2D eigenvalue weighted by Crippen LogP contribution is -2.06. The van der Waals surface area contributed by atoms with Crippen LogP contribution in [0.4, 0.5) is 0 Å². The van der Waals surface area contributed by atoms with E-state index in [1.165, 1.54) is 38.5 Å². The van der Waals surface area contributed by atoms with Gasteiger partial charge in [0.1, 0.15) is 12.1 Å². The molecule has 0 spiro atoms. The number of unbranched alkanes of at least 4 members (excludes halogenated alkanes) is 4. The number of hydrogen-bond acceptors (Lipinski definition) is 2. The first-order chi connectivity index (χ1) is 8.86. The van der Waals surface area contributed by atoms with Crippen molar-refractivity contribution >= 4 is 6.29 Å². The van der Waals surface area contributed by atoms with Crippen LogP contribution in [0.5, 0.6) is 0 Å². The number of aromatic nitrogens is 2. The third-order valence-corrected chi connectivity index (χ3v) is 3.44. The average molecular weight is 250 g/mol. The van der Waals surface area contributed by atoms with Gasteiger partial charge >= 0.3 is 0 Å². The molecule has 1 aromatic heterocycles. The van der Waals surface area contributed by atoms with Crippen molar-refractivity contribution in [2.24, 2.45) is 5.92 Å². The lowest BCUT2D eigenvalue weighted by atomic mass is 9.92. The number of aromatic amines is 1. The van der Waals surface area contributed by atoms with Gasteiger partial charge in [0, 0.05) is 25.2 Å². The topological polar surface area (TPSA) is 45.8 Å². The molecule has 0 aliphatic rings. The Hall–Kier alpha value is -1.12. The van der Waals surface area contributed by atoms with Gasteiger partial charge in [0.25, 0.3) is 0 Å². The number of carbonyl (C=O) groups is 1. The Kier molecular flexibility index (Phi) is 8.19.